The van der Waals surface area contributed by atoms with Gasteiger partial charge in [0.05, 0.1) is 37.8 Å². The van der Waals surface area contributed by atoms with Crippen LogP contribution >= 0.6 is 0 Å². The maximum atomic E-state index is 11.8. The molecule has 0 saturated heterocycles. The summed E-state index contributed by atoms with van der Waals surface area (Å²) in [5, 5.41) is 34.7. The summed E-state index contributed by atoms with van der Waals surface area (Å²) in [6.07, 6.45) is 0. The van der Waals surface area contributed by atoms with Gasteiger partial charge in [0, 0.05) is 29.3 Å². The Kier molecular flexibility index (Phi) is 5.21. The maximum absolute atomic E-state index is 11.8. The lowest BCUT2D eigenvalue weighted by atomic mass is 10.0. The van der Waals surface area contributed by atoms with E-state index in [9.17, 15) is 30.3 Å². The van der Waals surface area contributed by atoms with E-state index >= 15 is 0 Å². The fraction of sp³-hybridized carbons (Fsp3) is 0.174. The molecule has 0 saturated carbocycles. The Bertz CT molecular complexity index is 1390. The molecule has 3 aromatic rings. The third kappa shape index (κ3) is 3.71. The SMILES string of the molecule is Cc1ccc(C(C)C)cc1N=C1c2cc([N+](=O)[O-])ccc2-c2c1cc([N+](=O)[O-])cc2[N+](=O)[O-]. The number of non-ortho nitro benzene ring substituents is 2. The second-order valence-corrected chi connectivity index (χ2v) is 8.05. The largest absolute Gasteiger partial charge is 0.284 e. The van der Waals surface area contributed by atoms with Crippen molar-refractivity contribution in [2.24, 2.45) is 4.99 Å². The van der Waals surface area contributed by atoms with Crippen molar-refractivity contribution >= 4 is 28.5 Å². The van der Waals surface area contributed by atoms with Crippen molar-refractivity contribution in [1.29, 1.82) is 0 Å². The molecular formula is C23H18N4O6. The van der Waals surface area contributed by atoms with Gasteiger partial charge in [-0.3, -0.25) is 30.3 Å². The van der Waals surface area contributed by atoms with Crippen molar-refractivity contribution in [2.45, 2.75) is 26.7 Å². The lowest BCUT2D eigenvalue weighted by Crippen LogP contribution is -2.02. The minimum Gasteiger partial charge on any atom is -0.258 e. The van der Waals surface area contributed by atoms with Gasteiger partial charge in [-0.25, -0.2) is 4.99 Å². The van der Waals surface area contributed by atoms with Crippen LogP contribution in [0.25, 0.3) is 11.1 Å². The zero-order valence-electron chi connectivity index (χ0n) is 17.9. The lowest BCUT2D eigenvalue weighted by Gasteiger charge is -2.10. The van der Waals surface area contributed by atoms with Crippen LogP contribution in [-0.4, -0.2) is 20.5 Å². The molecule has 0 bridgehead atoms. The van der Waals surface area contributed by atoms with Gasteiger partial charge in [-0.15, -0.1) is 0 Å². The Hall–Kier alpha value is -4.47. The molecule has 4 rings (SSSR count). The average Bonchev–Trinajstić information content (AvgIpc) is 3.07. The molecule has 0 aliphatic heterocycles. The number of benzene rings is 3. The van der Waals surface area contributed by atoms with Crippen molar-refractivity contribution in [1.82, 2.24) is 0 Å². The van der Waals surface area contributed by atoms with E-state index in [1.165, 1.54) is 24.3 Å². The van der Waals surface area contributed by atoms with E-state index in [2.05, 4.69) is 0 Å². The zero-order valence-corrected chi connectivity index (χ0v) is 17.9. The van der Waals surface area contributed by atoms with Crippen molar-refractivity contribution in [3.8, 4) is 11.1 Å². The molecule has 0 atom stereocenters. The van der Waals surface area contributed by atoms with Crippen LogP contribution in [0.1, 0.15) is 42.0 Å². The van der Waals surface area contributed by atoms with E-state index in [1.54, 1.807) is 0 Å². The van der Waals surface area contributed by atoms with Gasteiger partial charge >= 0.3 is 0 Å². The van der Waals surface area contributed by atoms with Gasteiger partial charge < -0.3 is 0 Å². The fourth-order valence-corrected chi connectivity index (χ4v) is 3.88. The molecule has 3 aromatic carbocycles. The standard InChI is InChI=1S/C23H18N4O6/c1-12(2)14-5-4-13(3)20(8-14)24-23-18-9-15(25(28)29)6-7-17(18)22-19(23)10-16(26(30)31)11-21(22)27(32)33/h4-12H,1-3H3. The van der Waals surface area contributed by atoms with E-state index in [1.807, 2.05) is 39.0 Å². The first-order valence-corrected chi connectivity index (χ1v) is 10.0. The zero-order chi connectivity index (χ0) is 24.0. The minimum atomic E-state index is -0.707. The second kappa shape index (κ2) is 7.90. The van der Waals surface area contributed by atoms with Crippen molar-refractivity contribution in [3.63, 3.8) is 0 Å². The highest BCUT2D eigenvalue weighted by molar-refractivity contribution is 6.27. The molecule has 1 aliphatic rings. The summed E-state index contributed by atoms with van der Waals surface area (Å²) < 4.78 is 0. The maximum Gasteiger partial charge on any atom is 0.284 e. The van der Waals surface area contributed by atoms with Crippen molar-refractivity contribution in [3.05, 3.63) is 101 Å². The highest BCUT2D eigenvalue weighted by Crippen LogP contribution is 2.46. The van der Waals surface area contributed by atoms with E-state index in [-0.39, 0.29) is 28.4 Å². The molecule has 0 amide bonds. The van der Waals surface area contributed by atoms with Crippen LogP contribution in [0.2, 0.25) is 0 Å². The highest BCUT2D eigenvalue weighted by atomic mass is 16.6. The van der Waals surface area contributed by atoms with Crippen molar-refractivity contribution < 1.29 is 14.8 Å². The molecule has 166 valence electrons. The third-order valence-electron chi connectivity index (χ3n) is 5.64. The second-order valence-electron chi connectivity index (χ2n) is 8.05. The van der Waals surface area contributed by atoms with Gasteiger partial charge in [0.1, 0.15) is 0 Å². The summed E-state index contributed by atoms with van der Waals surface area (Å²) in [7, 11) is 0. The van der Waals surface area contributed by atoms with Crippen molar-refractivity contribution in [2.75, 3.05) is 0 Å². The average molecular weight is 446 g/mol. The van der Waals surface area contributed by atoms with Gasteiger partial charge in [-0.05, 0) is 41.7 Å². The molecule has 0 spiro atoms. The van der Waals surface area contributed by atoms with Crippen LogP contribution in [0.5, 0.6) is 0 Å². The van der Waals surface area contributed by atoms with Crippen LogP contribution in [0.15, 0.2) is 53.5 Å². The number of hydrogen-bond donors (Lipinski definition) is 0. The molecule has 0 aromatic heterocycles. The van der Waals surface area contributed by atoms with Gasteiger partial charge in [-0.1, -0.05) is 26.0 Å². The number of fused-ring (bicyclic) bond motifs is 3. The number of aliphatic imine (C=N–C) groups is 1. The molecular weight excluding hydrogens is 428 g/mol. The Balaban J connectivity index is 2.09. The predicted molar refractivity (Wildman–Crippen MR) is 122 cm³/mol. The Labute approximate surface area is 187 Å². The Morgan fingerprint density at radius 3 is 2.03 bits per heavy atom. The molecule has 33 heavy (non-hydrogen) atoms. The molecule has 10 nitrogen and oxygen atoms in total. The van der Waals surface area contributed by atoms with E-state index in [0.717, 1.165) is 17.2 Å². The normalized spacial score (nSPS) is 13.2. The quantitative estimate of drug-likeness (QED) is 0.272. The molecule has 0 radical (unpaired) electrons. The molecule has 0 heterocycles. The molecule has 0 N–H and O–H groups in total. The van der Waals surface area contributed by atoms with Gasteiger partial charge in [-0.2, -0.15) is 0 Å². The van der Waals surface area contributed by atoms with E-state index < -0.39 is 26.1 Å². The molecule has 0 unspecified atom stereocenters. The predicted octanol–water partition coefficient (Wildman–Crippen LogP) is 5.99. The third-order valence-corrected chi connectivity index (χ3v) is 5.64. The van der Waals surface area contributed by atoms with Crippen LogP contribution < -0.4 is 0 Å². The van der Waals surface area contributed by atoms with Crippen LogP contribution in [-0.2, 0) is 0 Å². The minimum absolute atomic E-state index is 0.159. The lowest BCUT2D eigenvalue weighted by molar-refractivity contribution is -0.393. The summed E-state index contributed by atoms with van der Waals surface area (Å²) in [6.45, 7) is 5.90. The van der Waals surface area contributed by atoms with Crippen LogP contribution in [0, 0.1) is 37.3 Å². The van der Waals surface area contributed by atoms with E-state index in [0.29, 0.717) is 16.8 Å². The first kappa shape index (κ1) is 21.8. The first-order valence-electron chi connectivity index (χ1n) is 10.0. The topological polar surface area (TPSA) is 142 Å². The number of nitro benzene ring substituents is 3. The number of aryl methyl sites for hydroxylation is 1. The summed E-state index contributed by atoms with van der Waals surface area (Å²) in [5.41, 5.74) is 2.57. The number of rotatable bonds is 5. The van der Waals surface area contributed by atoms with Crippen LogP contribution in [0.3, 0.4) is 0 Å². The summed E-state index contributed by atoms with van der Waals surface area (Å²) >= 11 is 0. The summed E-state index contributed by atoms with van der Waals surface area (Å²) in [4.78, 5) is 37.4. The monoisotopic (exact) mass is 446 g/mol. The molecule has 1 aliphatic carbocycles. The van der Waals surface area contributed by atoms with Crippen LogP contribution in [0.4, 0.5) is 22.7 Å². The van der Waals surface area contributed by atoms with Gasteiger partial charge in [0.2, 0.25) is 0 Å². The Morgan fingerprint density at radius 2 is 1.42 bits per heavy atom. The number of nitro groups is 3. The number of nitrogens with zero attached hydrogens (tertiary/aromatic N) is 4. The smallest absolute Gasteiger partial charge is 0.258 e. The first-order chi connectivity index (χ1) is 15.6. The Morgan fingerprint density at radius 1 is 0.758 bits per heavy atom. The molecule has 10 heteroatoms. The highest BCUT2D eigenvalue weighted by Gasteiger charge is 2.36. The van der Waals surface area contributed by atoms with Gasteiger partial charge in [0.15, 0.2) is 0 Å². The van der Waals surface area contributed by atoms with Gasteiger partial charge in [0.25, 0.3) is 17.1 Å². The summed E-state index contributed by atoms with van der Waals surface area (Å²) in [6, 6.07) is 11.9. The molecule has 0 fully saturated rings. The van der Waals surface area contributed by atoms with E-state index in [4.69, 9.17) is 4.99 Å². The fourth-order valence-electron chi connectivity index (χ4n) is 3.88. The summed E-state index contributed by atoms with van der Waals surface area (Å²) in [5.74, 6) is 0.218. The number of hydrogen-bond acceptors (Lipinski definition) is 7.